The van der Waals surface area contributed by atoms with E-state index < -0.39 is 17.4 Å². The van der Waals surface area contributed by atoms with E-state index in [0.717, 1.165) is 12.0 Å². The number of urea groups is 1. The van der Waals surface area contributed by atoms with Crippen molar-refractivity contribution in [3.63, 3.8) is 0 Å². The molecule has 7 nitrogen and oxygen atoms in total. The first-order valence-electron chi connectivity index (χ1n) is 11.6. The van der Waals surface area contributed by atoms with E-state index in [9.17, 15) is 14.4 Å². The van der Waals surface area contributed by atoms with Crippen LogP contribution in [-0.2, 0) is 14.3 Å². The van der Waals surface area contributed by atoms with Gasteiger partial charge in [0.2, 0.25) is 5.91 Å². The number of benzene rings is 2. The molecule has 180 valence electrons. The molecule has 1 aliphatic heterocycles. The molecule has 1 atom stereocenters. The highest BCUT2D eigenvalue weighted by atomic mass is 16.5. The van der Waals surface area contributed by atoms with Crippen LogP contribution in [0.25, 0.3) is 5.70 Å². The normalized spacial score (nSPS) is 16.2. The lowest BCUT2D eigenvalue weighted by Crippen LogP contribution is -2.48. The summed E-state index contributed by atoms with van der Waals surface area (Å²) >= 11 is 0. The Bertz CT molecular complexity index is 1090. The van der Waals surface area contributed by atoms with E-state index >= 15 is 0 Å². The highest BCUT2D eigenvalue weighted by molar-refractivity contribution is 6.04. The van der Waals surface area contributed by atoms with Gasteiger partial charge in [-0.15, -0.1) is 0 Å². The molecule has 34 heavy (non-hydrogen) atoms. The number of nitrogens with one attached hydrogen (secondary N) is 2. The number of esters is 1. The molecule has 0 radical (unpaired) electrons. The topological polar surface area (TPSA) is 87.7 Å². The first-order valence-corrected chi connectivity index (χ1v) is 11.6. The van der Waals surface area contributed by atoms with Crippen molar-refractivity contribution in [3.05, 3.63) is 71.3 Å². The van der Waals surface area contributed by atoms with E-state index in [1.54, 1.807) is 30.0 Å². The number of amides is 3. The van der Waals surface area contributed by atoms with Gasteiger partial charge in [0, 0.05) is 17.6 Å². The van der Waals surface area contributed by atoms with Crippen molar-refractivity contribution in [3.8, 4) is 0 Å². The minimum absolute atomic E-state index is 0.127. The number of hydrogen-bond acceptors (Lipinski definition) is 4. The Kier molecular flexibility index (Phi) is 7.76. The molecule has 0 bridgehead atoms. The maximum absolute atomic E-state index is 13.3. The van der Waals surface area contributed by atoms with Crippen LogP contribution in [0.2, 0.25) is 0 Å². The van der Waals surface area contributed by atoms with E-state index in [1.807, 2.05) is 64.1 Å². The number of rotatable bonds is 7. The summed E-state index contributed by atoms with van der Waals surface area (Å²) < 4.78 is 5.44. The van der Waals surface area contributed by atoms with Gasteiger partial charge in [-0.05, 0) is 36.6 Å². The van der Waals surface area contributed by atoms with Crippen LogP contribution in [0, 0.1) is 5.41 Å². The Balaban J connectivity index is 2.17. The minimum atomic E-state index is -0.735. The van der Waals surface area contributed by atoms with Gasteiger partial charge >= 0.3 is 12.0 Å². The molecular formula is C27H33N3O4. The van der Waals surface area contributed by atoms with Gasteiger partial charge in [-0.3, -0.25) is 9.69 Å². The third kappa shape index (κ3) is 5.47. The molecule has 0 unspecified atom stereocenters. The Morgan fingerprint density at radius 3 is 2.38 bits per heavy atom. The fraction of sp³-hybridized carbons (Fsp3) is 0.370. The summed E-state index contributed by atoms with van der Waals surface area (Å²) in [7, 11) is 0. The molecule has 2 aromatic carbocycles. The van der Waals surface area contributed by atoms with Gasteiger partial charge in [0.25, 0.3) is 0 Å². The van der Waals surface area contributed by atoms with Crippen molar-refractivity contribution in [1.29, 1.82) is 0 Å². The molecule has 3 amide bonds. The predicted octanol–water partition coefficient (Wildman–Crippen LogP) is 5.12. The standard InChI is InChI=1S/C27H33N3O4/c1-6-16-30-23(18-12-9-8-10-13-18)21(24(31)34-7-2)22(29-26(30)33)19-14-11-15-20(17-19)28-25(32)27(3,4)5/h8-15,17,22H,6-7,16H2,1-5H3,(H,28,32)(H,29,33)/t22-/m0/s1. The van der Waals surface area contributed by atoms with Crippen molar-refractivity contribution >= 4 is 29.3 Å². The Hall–Kier alpha value is -3.61. The van der Waals surface area contributed by atoms with Gasteiger partial charge in [0.1, 0.15) is 0 Å². The number of hydrogen-bond donors (Lipinski definition) is 2. The Labute approximate surface area is 201 Å². The number of carbonyl (C=O) groups is 3. The second-order valence-corrected chi connectivity index (χ2v) is 9.21. The van der Waals surface area contributed by atoms with E-state index in [0.29, 0.717) is 29.1 Å². The number of anilines is 1. The van der Waals surface area contributed by atoms with Gasteiger partial charge in [-0.1, -0.05) is 70.2 Å². The molecule has 2 N–H and O–H groups in total. The molecule has 3 rings (SSSR count). The molecule has 7 heteroatoms. The summed E-state index contributed by atoms with van der Waals surface area (Å²) in [6.45, 7) is 9.90. The van der Waals surface area contributed by atoms with Crippen molar-refractivity contribution in [2.75, 3.05) is 18.5 Å². The van der Waals surface area contributed by atoms with Gasteiger partial charge in [0.05, 0.1) is 23.9 Å². The smallest absolute Gasteiger partial charge is 0.338 e. The number of carbonyl (C=O) groups excluding carboxylic acids is 3. The third-order valence-corrected chi connectivity index (χ3v) is 5.48. The molecule has 1 aliphatic rings. The first kappa shape index (κ1) is 25.0. The number of nitrogens with zero attached hydrogens (tertiary/aromatic N) is 1. The quantitative estimate of drug-likeness (QED) is 0.558. The summed E-state index contributed by atoms with van der Waals surface area (Å²) in [6, 6.07) is 15.6. The van der Waals surface area contributed by atoms with Gasteiger partial charge in [-0.2, -0.15) is 0 Å². The fourth-order valence-corrected chi connectivity index (χ4v) is 3.79. The average Bonchev–Trinajstić information content (AvgIpc) is 2.80. The zero-order valence-corrected chi connectivity index (χ0v) is 20.5. The van der Waals surface area contributed by atoms with Gasteiger partial charge < -0.3 is 15.4 Å². The van der Waals surface area contributed by atoms with Crippen molar-refractivity contribution < 1.29 is 19.1 Å². The van der Waals surface area contributed by atoms with Crippen LogP contribution in [0.15, 0.2) is 60.2 Å². The van der Waals surface area contributed by atoms with E-state index in [4.69, 9.17) is 4.74 Å². The largest absolute Gasteiger partial charge is 0.463 e. The molecule has 0 aliphatic carbocycles. The highest BCUT2D eigenvalue weighted by Crippen LogP contribution is 2.37. The lowest BCUT2D eigenvalue weighted by Gasteiger charge is -2.37. The highest BCUT2D eigenvalue weighted by Gasteiger charge is 2.38. The lowest BCUT2D eigenvalue weighted by atomic mass is 9.91. The summed E-state index contributed by atoms with van der Waals surface area (Å²) in [4.78, 5) is 40.6. The summed E-state index contributed by atoms with van der Waals surface area (Å²) in [5.41, 5.74) is 2.36. The molecule has 0 saturated carbocycles. The maximum Gasteiger partial charge on any atom is 0.338 e. The predicted molar refractivity (Wildman–Crippen MR) is 133 cm³/mol. The molecule has 0 fully saturated rings. The Morgan fingerprint density at radius 1 is 1.06 bits per heavy atom. The molecule has 0 aromatic heterocycles. The second-order valence-electron chi connectivity index (χ2n) is 9.21. The maximum atomic E-state index is 13.3. The molecule has 0 saturated heterocycles. The van der Waals surface area contributed by atoms with Gasteiger partial charge in [0.15, 0.2) is 0 Å². The van der Waals surface area contributed by atoms with Crippen LogP contribution in [0.4, 0.5) is 10.5 Å². The van der Waals surface area contributed by atoms with Crippen LogP contribution in [0.1, 0.15) is 58.2 Å². The Morgan fingerprint density at radius 2 is 1.76 bits per heavy atom. The number of ether oxygens (including phenoxy) is 1. The van der Waals surface area contributed by atoms with Crippen LogP contribution in [0.5, 0.6) is 0 Å². The minimum Gasteiger partial charge on any atom is -0.463 e. The van der Waals surface area contributed by atoms with Crippen LogP contribution in [0.3, 0.4) is 0 Å². The fourth-order valence-electron chi connectivity index (χ4n) is 3.79. The zero-order chi connectivity index (χ0) is 24.9. The summed E-state index contributed by atoms with van der Waals surface area (Å²) in [5, 5.41) is 5.90. The zero-order valence-electron chi connectivity index (χ0n) is 20.5. The van der Waals surface area contributed by atoms with E-state index in [2.05, 4.69) is 10.6 Å². The van der Waals surface area contributed by atoms with Crippen LogP contribution < -0.4 is 10.6 Å². The first-order chi connectivity index (χ1) is 16.2. The van der Waals surface area contributed by atoms with E-state index in [-0.39, 0.29) is 18.5 Å². The summed E-state index contributed by atoms with van der Waals surface area (Å²) in [5.74, 6) is -0.617. The van der Waals surface area contributed by atoms with Crippen LogP contribution in [-0.4, -0.2) is 36.0 Å². The molecule has 2 aromatic rings. The van der Waals surface area contributed by atoms with Crippen molar-refractivity contribution in [2.45, 2.75) is 47.1 Å². The molecule has 1 heterocycles. The monoisotopic (exact) mass is 463 g/mol. The summed E-state index contributed by atoms with van der Waals surface area (Å²) in [6.07, 6.45) is 0.721. The second kappa shape index (κ2) is 10.5. The SMILES string of the molecule is CCCN1C(=O)N[C@@H](c2cccc(NC(=O)C(C)(C)C)c2)C(C(=O)OCC)=C1c1ccccc1. The van der Waals surface area contributed by atoms with Crippen molar-refractivity contribution in [2.24, 2.45) is 5.41 Å². The average molecular weight is 464 g/mol. The van der Waals surface area contributed by atoms with Crippen LogP contribution >= 0.6 is 0 Å². The van der Waals surface area contributed by atoms with E-state index in [1.165, 1.54) is 0 Å². The van der Waals surface area contributed by atoms with Gasteiger partial charge in [-0.25, -0.2) is 9.59 Å². The van der Waals surface area contributed by atoms with Crippen molar-refractivity contribution in [1.82, 2.24) is 10.2 Å². The lowest BCUT2D eigenvalue weighted by molar-refractivity contribution is -0.139. The molecular weight excluding hydrogens is 430 g/mol. The third-order valence-electron chi connectivity index (χ3n) is 5.48. The molecule has 0 spiro atoms.